The summed E-state index contributed by atoms with van der Waals surface area (Å²) in [7, 11) is 3.09. The summed E-state index contributed by atoms with van der Waals surface area (Å²) in [5.74, 6) is 0.543. The molecule has 0 atom stereocenters. The molecule has 1 aromatic rings. The Bertz CT molecular complexity index is 318. The van der Waals surface area contributed by atoms with E-state index in [-0.39, 0.29) is 18.4 Å². The first-order chi connectivity index (χ1) is 6.67. The van der Waals surface area contributed by atoms with Gasteiger partial charge in [0.15, 0.2) is 5.82 Å². The van der Waals surface area contributed by atoms with E-state index in [4.69, 9.17) is 11.6 Å². The predicted octanol–water partition coefficient (Wildman–Crippen LogP) is 0.886. The molecule has 0 aliphatic rings. The van der Waals surface area contributed by atoms with Gasteiger partial charge in [-0.05, 0) is 0 Å². The third-order valence-corrected chi connectivity index (χ3v) is 2.60. The summed E-state index contributed by atoms with van der Waals surface area (Å²) in [4.78, 5) is 16.7. The molecule has 0 radical (unpaired) electrons. The van der Waals surface area contributed by atoms with Crippen molar-refractivity contribution in [3.8, 4) is 0 Å². The van der Waals surface area contributed by atoms with E-state index in [1.165, 1.54) is 18.6 Å². The van der Waals surface area contributed by atoms with Crippen LogP contribution >= 0.6 is 23.1 Å². The summed E-state index contributed by atoms with van der Waals surface area (Å²) >= 11 is 6.76. The maximum atomic E-state index is 10.9. The van der Waals surface area contributed by atoms with Crippen molar-refractivity contribution in [2.24, 2.45) is 0 Å². The largest absolute Gasteiger partial charge is 0.468 e. The van der Waals surface area contributed by atoms with E-state index >= 15 is 0 Å². The number of carbonyl (C=O) groups is 1. The van der Waals surface area contributed by atoms with Gasteiger partial charge in [-0.2, -0.15) is 4.37 Å². The van der Waals surface area contributed by atoms with Gasteiger partial charge in [0.2, 0.25) is 5.13 Å². The lowest BCUT2D eigenvalue weighted by Crippen LogP contribution is -2.26. The maximum Gasteiger partial charge on any atom is 0.325 e. The molecule has 1 heterocycles. The average molecular weight is 236 g/mol. The number of anilines is 1. The maximum absolute atomic E-state index is 10.9. The van der Waals surface area contributed by atoms with Crippen LogP contribution in [-0.2, 0) is 15.4 Å². The Morgan fingerprint density at radius 1 is 1.71 bits per heavy atom. The van der Waals surface area contributed by atoms with Crippen molar-refractivity contribution < 1.29 is 9.53 Å². The topological polar surface area (TPSA) is 55.3 Å². The summed E-state index contributed by atoms with van der Waals surface area (Å²) in [6, 6.07) is 0. The number of hydrogen-bond donors (Lipinski definition) is 0. The Hall–Kier alpha value is -0.880. The van der Waals surface area contributed by atoms with Gasteiger partial charge >= 0.3 is 5.97 Å². The van der Waals surface area contributed by atoms with Crippen LogP contribution in [0.3, 0.4) is 0 Å². The van der Waals surface area contributed by atoms with Gasteiger partial charge in [-0.15, -0.1) is 11.6 Å². The fraction of sp³-hybridized carbons (Fsp3) is 0.571. The minimum atomic E-state index is -0.310. The molecule has 0 unspecified atom stereocenters. The minimum Gasteiger partial charge on any atom is -0.468 e. The number of carbonyl (C=O) groups excluding carboxylic acids is 1. The van der Waals surface area contributed by atoms with Gasteiger partial charge in [0.25, 0.3) is 0 Å². The van der Waals surface area contributed by atoms with Gasteiger partial charge in [-0.25, -0.2) is 4.98 Å². The Morgan fingerprint density at radius 3 is 2.93 bits per heavy atom. The van der Waals surface area contributed by atoms with E-state index in [0.29, 0.717) is 11.0 Å². The van der Waals surface area contributed by atoms with Gasteiger partial charge in [0.1, 0.15) is 6.54 Å². The number of nitrogens with zero attached hydrogens (tertiary/aromatic N) is 3. The van der Waals surface area contributed by atoms with Crippen LogP contribution in [0.15, 0.2) is 0 Å². The van der Waals surface area contributed by atoms with Crippen molar-refractivity contribution in [1.29, 1.82) is 0 Å². The van der Waals surface area contributed by atoms with E-state index in [0.717, 1.165) is 0 Å². The second-order valence-corrected chi connectivity index (χ2v) is 3.56. The molecule has 0 saturated carbocycles. The number of rotatable bonds is 4. The molecule has 1 rings (SSSR count). The predicted molar refractivity (Wildman–Crippen MR) is 54.8 cm³/mol. The third-order valence-electron chi connectivity index (χ3n) is 1.50. The van der Waals surface area contributed by atoms with Crippen molar-refractivity contribution >= 4 is 34.2 Å². The highest BCUT2D eigenvalue weighted by Gasteiger charge is 2.11. The number of alkyl halides is 1. The van der Waals surface area contributed by atoms with E-state index in [9.17, 15) is 4.79 Å². The molecule has 0 bridgehead atoms. The molecule has 7 heteroatoms. The number of esters is 1. The zero-order chi connectivity index (χ0) is 10.6. The third kappa shape index (κ3) is 2.81. The SMILES string of the molecule is COC(=O)CN(C)c1nc(CCl)ns1. The molecule has 0 saturated heterocycles. The van der Waals surface area contributed by atoms with Crippen LogP contribution in [0.5, 0.6) is 0 Å². The van der Waals surface area contributed by atoms with E-state index < -0.39 is 0 Å². The monoisotopic (exact) mass is 235 g/mol. The standard InChI is InChI=1S/C7H10ClN3O2S/c1-11(4-6(12)13-2)7-9-5(3-8)10-14-7/h3-4H2,1-2H3. The Kier molecular flexibility index (Phi) is 4.09. The fourth-order valence-corrected chi connectivity index (χ4v) is 1.61. The van der Waals surface area contributed by atoms with Crippen molar-refractivity contribution in [2.75, 3.05) is 25.6 Å². The van der Waals surface area contributed by atoms with E-state index in [1.807, 2.05) is 0 Å². The summed E-state index contributed by atoms with van der Waals surface area (Å²) in [5.41, 5.74) is 0. The number of aromatic nitrogens is 2. The molecule has 0 amide bonds. The Morgan fingerprint density at radius 2 is 2.43 bits per heavy atom. The first-order valence-electron chi connectivity index (χ1n) is 3.84. The van der Waals surface area contributed by atoms with Crippen LogP contribution < -0.4 is 4.90 Å². The first-order valence-corrected chi connectivity index (χ1v) is 5.14. The Balaban J connectivity index is 2.60. The number of likely N-dealkylation sites (N-methyl/N-ethyl adjacent to an activating group) is 1. The van der Waals surface area contributed by atoms with Crippen molar-refractivity contribution in [2.45, 2.75) is 5.88 Å². The second-order valence-electron chi connectivity index (χ2n) is 2.56. The molecular formula is C7H10ClN3O2S. The highest BCUT2D eigenvalue weighted by Crippen LogP contribution is 2.16. The van der Waals surface area contributed by atoms with Gasteiger partial charge in [0, 0.05) is 18.6 Å². The first kappa shape index (κ1) is 11.2. The summed E-state index contributed by atoms with van der Waals surface area (Å²) in [6.45, 7) is 0.160. The summed E-state index contributed by atoms with van der Waals surface area (Å²) in [6.07, 6.45) is 0. The lowest BCUT2D eigenvalue weighted by molar-refractivity contribution is -0.138. The molecule has 0 fully saturated rings. The van der Waals surface area contributed by atoms with Crippen LogP contribution in [0.25, 0.3) is 0 Å². The molecule has 0 aliphatic carbocycles. The molecule has 1 aromatic heterocycles. The van der Waals surface area contributed by atoms with Crippen LogP contribution in [0.1, 0.15) is 5.82 Å². The summed E-state index contributed by atoms with van der Waals surface area (Å²) in [5, 5.41) is 0.658. The van der Waals surface area contributed by atoms with Gasteiger partial charge in [-0.1, -0.05) is 0 Å². The van der Waals surface area contributed by atoms with E-state index in [1.54, 1.807) is 11.9 Å². The molecular weight excluding hydrogens is 226 g/mol. The quantitative estimate of drug-likeness (QED) is 0.573. The fourth-order valence-electron chi connectivity index (χ4n) is 0.780. The normalized spacial score (nSPS) is 9.93. The highest BCUT2D eigenvalue weighted by molar-refractivity contribution is 7.09. The minimum absolute atomic E-state index is 0.160. The molecule has 78 valence electrons. The Labute approximate surface area is 90.8 Å². The zero-order valence-electron chi connectivity index (χ0n) is 7.86. The highest BCUT2D eigenvalue weighted by atomic mass is 35.5. The second kappa shape index (κ2) is 5.11. The van der Waals surface area contributed by atoms with Gasteiger partial charge < -0.3 is 9.64 Å². The molecule has 14 heavy (non-hydrogen) atoms. The molecule has 5 nitrogen and oxygen atoms in total. The number of methoxy groups -OCH3 is 1. The lowest BCUT2D eigenvalue weighted by atomic mass is 10.6. The van der Waals surface area contributed by atoms with E-state index in [2.05, 4.69) is 14.1 Å². The molecule has 0 aromatic carbocycles. The van der Waals surface area contributed by atoms with Gasteiger partial charge in [-0.3, -0.25) is 4.79 Å². The smallest absolute Gasteiger partial charge is 0.325 e. The molecule has 0 aliphatic heterocycles. The lowest BCUT2D eigenvalue weighted by Gasteiger charge is -2.12. The van der Waals surface area contributed by atoms with Crippen LogP contribution in [0.2, 0.25) is 0 Å². The van der Waals surface area contributed by atoms with Crippen molar-refractivity contribution in [3.63, 3.8) is 0 Å². The van der Waals surface area contributed by atoms with Crippen LogP contribution in [0, 0.1) is 0 Å². The number of hydrogen-bond acceptors (Lipinski definition) is 6. The van der Waals surface area contributed by atoms with Crippen molar-refractivity contribution in [1.82, 2.24) is 9.36 Å². The number of halogens is 1. The van der Waals surface area contributed by atoms with Crippen molar-refractivity contribution in [3.05, 3.63) is 5.82 Å². The van der Waals surface area contributed by atoms with Gasteiger partial charge in [0.05, 0.1) is 13.0 Å². The average Bonchev–Trinajstić information content (AvgIpc) is 2.65. The zero-order valence-corrected chi connectivity index (χ0v) is 9.43. The molecule has 0 N–H and O–H groups in total. The van der Waals surface area contributed by atoms with Crippen LogP contribution in [0.4, 0.5) is 5.13 Å². The number of ether oxygens (including phenoxy) is 1. The van der Waals surface area contributed by atoms with Crippen LogP contribution in [-0.4, -0.2) is 36.0 Å². The summed E-state index contributed by atoms with van der Waals surface area (Å²) < 4.78 is 8.52. The molecule has 0 spiro atoms.